The third kappa shape index (κ3) is 4.96. The van der Waals surface area contributed by atoms with Crippen LogP contribution in [0.4, 0.5) is 0 Å². The number of aryl methyl sites for hydroxylation is 2. The monoisotopic (exact) mass is 424 g/mol. The van der Waals surface area contributed by atoms with Crippen LogP contribution in [-0.4, -0.2) is 61.0 Å². The average Bonchev–Trinajstić information content (AvgIpc) is 3.31. The van der Waals surface area contributed by atoms with Gasteiger partial charge in [0.2, 0.25) is 10.0 Å². The van der Waals surface area contributed by atoms with E-state index in [2.05, 4.69) is 5.32 Å². The number of nitrogens with zero attached hydrogens (tertiary/aromatic N) is 1. The zero-order chi connectivity index (χ0) is 21.2. The summed E-state index contributed by atoms with van der Waals surface area (Å²) < 4.78 is 32.2. The van der Waals surface area contributed by atoms with Crippen molar-refractivity contribution >= 4 is 21.9 Å². The maximum absolute atomic E-state index is 13.1. The van der Waals surface area contributed by atoms with Crippen molar-refractivity contribution in [1.82, 2.24) is 9.62 Å². The molecule has 2 aliphatic rings. The number of esters is 1. The lowest BCUT2D eigenvalue weighted by molar-refractivity contribution is -0.151. The van der Waals surface area contributed by atoms with Crippen molar-refractivity contribution in [2.45, 2.75) is 69.0 Å². The van der Waals surface area contributed by atoms with Crippen LogP contribution >= 0.6 is 0 Å². The highest BCUT2D eigenvalue weighted by atomic mass is 32.2. The van der Waals surface area contributed by atoms with Gasteiger partial charge >= 0.3 is 5.97 Å². The minimum absolute atomic E-state index is 0.0616. The molecule has 0 radical (unpaired) electrons. The third-order valence-electron chi connectivity index (χ3n) is 5.66. The Hall–Kier alpha value is -1.97. The molecule has 1 aromatic carbocycles. The molecule has 2 fully saturated rings. The number of aliphatic hydroxyl groups excluding tert-OH is 1. The molecule has 1 saturated carbocycles. The summed E-state index contributed by atoms with van der Waals surface area (Å²) in [5.74, 6) is -1.22. The molecule has 2 N–H and O–H groups in total. The first-order valence-corrected chi connectivity index (χ1v) is 11.4. The van der Waals surface area contributed by atoms with Gasteiger partial charge in [0.1, 0.15) is 6.04 Å². The maximum Gasteiger partial charge on any atom is 0.325 e. The molecule has 8 nitrogen and oxygen atoms in total. The summed E-state index contributed by atoms with van der Waals surface area (Å²) in [5, 5.41) is 12.8. The van der Waals surface area contributed by atoms with Gasteiger partial charge in [-0.05, 0) is 49.9 Å². The Morgan fingerprint density at radius 2 is 1.90 bits per heavy atom. The van der Waals surface area contributed by atoms with Gasteiger partial charge in [-0.1, -0.05) is 18.9 Å². The largest absolute Gasteiger partial charge is 0.454 e. The first kappa shape index (κ1) is 21.7. The summed E-state index contributed by atoms with van der Waals surface area (Å²) in [4.78, 5) is 24.6. The fraction of sp³-hybridized carbons (Fsp3) is 0.600. The smallest absolute Gasteiger partial charge is 0.325 e. The van der Waals surface area contributed by atoms with Gasteiger partial charge < -0.3 is 15.2 Å². The van der Waals surface area contributed by atoms with E-state index in [0.29, 0.717) is 0 Å². The predicted octanol–water partition coefficient (Wildman–Crippen LogP) is 1.03. The van der Waals surface area contributed by atoms with Gasteiger partial charge in [-0.15, -0.1) is 0 Å². The molecule has 29 heavy (non-hydrogen) atoms. The summed E-state index contributed by atoms with van der Waals surface area (Å²) in [7, 11) is -3.99. The number of sulfonamides is 1. The lowest BCUT2D eigenvalue weighted by atomic mass is 10.1. The van der Waals surface area contributed by atoms with Gasteiger partial charge in [0.15, 0.2) is 6.61 Å². The molecule has 1 saturated heterocycles. The molecule has 1 aromatic rings. The second-order valence-corrected chi connectivity index (χ2v) is 9.77. The molecule has 3 rings (SSSR count). The zero-order valence-electron chi connectivity index (χ0n) is 16.8. The van der Waals surface area contributed by atoms with Crippen LogP contribution in [0.5, 0.6) is 0 Å². The van der Waals surface area contributed by atoms with Crippen molar-refractivity contribution in [1.29, 1.82) is 0 Å². The van der Waals surface area contributed by atoms with E-state index < -0.39 is 40.7 Å². The molecule has 0 aromatic heterocycles. The molecule has 1 amide bonds. The standard InChI is InChI=1S/C20H28N2O6S/c1-13-7-8-17(9-14(13)2)29(26,27)22-11-16(23)10-18(22)20(25)28-12-19(24)21-15-5-3-4-6-15/h7-9,15-16,18,23H,3-6,10-12H2,1-2H3,(H,21,24)/t16?,18-/m0/s1. The molecule has 0 bridgehead atoms. The molecular formula is C20H28N2O6S. The Balaban J connectivity index is 1.67. The fourth-order valence-electron chi connectivity index (χ4n) is 3.85. The maximum atomic E-state index is 13.1. The van der Waals surface area contributed by atoms with E-state index in [1.54, 1.807) is 12.1 Å². The molecule has 0 spiro atoms. The zero-order valence-corrected chi connectivity index (χ0v) is 17.6. The molecular weight excluding hydrogens is 396 g/mol. The SMILES string of the molecule is Cc1ccc(S(=O)(=O)N2CC(O)C[C@H]2C(=O)OCC(=O)NC2CCCC2)cc1C. The van der Waals surface area contributed by atoms with Crippen LogP contribution in [0.2, 0.25) is 0 Å². The second kappa shape index (κ2) is 8.81. The van der Waals surface area contributed by atoms with Crippen molar-refractivity contribution in [2.24, 2.45) is 0 Å². The van der Waals surface area contributed by atoms with Crippen LogP contribution in [-0.2, 0) is 24.3 Å². The van der Waals surface area contributed by atoms with E-state index in [4.69, 9.17) is 4.74 Å². The minimum atomic E-state index is -3.99. The number of carbonyl (C=O) groups excluding carboxylic acids is 2. The molecule has 1 aliphatic carbocycles. The van der Waals surface area contributed by atoms with Gasteiger partial charge in [-0.2, -0.15) is 4.31 Å². The molecule has 1 aliphatic heterocycles. The van der Waals surface area contributed by atoms with Crippen molar-refractivity contribution in [3.8, 4) is 0 Å². The van der Waals surface area contributed by atoms with Gasteiger partial charge in [-0.25, -0.2) is 8.42 Å². The highest BCUT2D eigenvalue weighted by Crippen LogP contribution is 2.28. The lowest BCUT2D eigenvalue weighted by Gasteiger charge is -2.23. The average molecular weight is 425 g/mol. The Kier molecular flexibility index (Phi) is 6.60. The highest BCUT2D eigenvalue weighted by molar-refractivity contribution is 7.89. The summed E-state index contributed by atoms with van der Waals surface area (Å²) in [6.45, 7) is 3.03. The predicted molar refractivity (Wildman–Crippen MR) is 106 cm³/mol. The molecule has 9 heteroatoms. The van der Waals surface area contributed by atoms with Gasteiger partial charge in [0, 0.05) is 19.0 Å². The fourth-order valence-corrected chi connectivity index (χ4v) is 5.56. The Labute approximate surface area is 171 Å². The van der Waals surface area contributed by atoms with Gasteiger partial charge in [0.25, 0.3) is 5.91 Å². The number of nitrogens with one attached hydrogen (secondary N) is 1. The van der Waals surface area contributed by atoms with E-state index in [0.717, 1.165) is 41.1 Å². The second-order valence-electron chi connectivity index (χ2n) is 7.88. The number of amides is 1. The van der Waals surface area contributed by atoms with Crippen LogP contribution in [0.3, 0.4) is 0 Å². The number of carbonyl (C=O) groups is 2. The van der Waals surface area contributed by atoms with Crippen LogP contribution in [0.25, 0.3) is 0 Å². The number of hydrogen-bond acceptors (Lipinski definition) is 6. The van der Waals surface area contributed by atoms with Crippen LogP contribution in [0.1, 0.15) is 43.2 Å². The summed E-state index contributed by atoms with van der Waals surface area (Å²) in [5.41, 5.74) is 1.77. The summed E-state index contributed by atoms with van der Waals surface area (Å²) in [6.07, 6.45) is 2.92. The minimum Gasteiger partial charge on any atom is -0.454 e. The number of hydrogen-bond donors (Lipinski definition) is 2. The van der Waals surface area contributed by atoms with E-state index in [-0.39, 0.29) is 23.9 Å². The number of β-amino-alcohol motifs (C(OH)–C–C–N with tert-alkyl or cyclic N) is 1. The molecule has 1 unspecified atom stereocenters. The molecule has 2 atom stereocenters. The van der Waals surface area contributed by atoms with Crippen LogP contribution in [0.15, 0.2) is 23.1 Å². The van der Waals surface area contributed by atoms with Gasteiger partial charge in [-0.3, -0.25) is 9.59 Å². The van der Waals surface area contributed by atoms with Crippen molar-refractivity contribution < 1.29 is 27.9 Å². The normalized spacial score (nSPS) is 23.3. The summed E-state index contributed by atoms with van der Waals surface area (Å²) >= 11 is 0. The van der Waals surface area contributed by atoms with Crippen LogP contribution < -0.4 is 5.32 Å². The summed E-state index contributed by atoms with van der Waals surface area (Å²) in [6, 6.07) is 3.69. The van der Waals surface area contributed by atoms with Gasteiger partial charge in [0.05, 0.1) is 11.0 Å². The lowest BCUT2D eigenvalue weighted by Crippen LogP contribution is -2.43. The molecule has 1 heterocycles. The van der Waals surface area contributed by atoms with Crippen molar-refractivity contribution in [3.63, 3.8) is 0 Å². The van der Waals surface area contributed by atoms with Crippen molar-refractivity contribution in [2.75, 3.05) is 13.2 Å². The Morgan fingerprint density at radius 1 is 1.21 bits per heavy atom. The highest BCUT2D eigenvalue weighted by Gasteiger charge is 2.44. The first-order chi connectivity index (χ1) is 13.7. The van der Waals surface area contributed by atoms with E-state index >= 15 is 0 Å². The Morgan fingerprint density at radius 3 is 2.55 bits per heavy atom. The van der Waals surface area contributed by atoms with Crippen molar-refractivity contribution in [3.05, 3.63) is 29.3 Å². The van der Waals surface area contributed by atoms with Crippen LogP contribution in [0, 0.1) is 13.8 Å². The number of ether oxygens (including phenoxy) is 1. The number of rotatable bonds is 6. The topological polar surface area (TPSA) is 113 Å². The number of aliphatic hydroxyl groups is 1. The molecule has 160 valence electrons. The quantitative estimate of drug-likeness (QED) is 0.660. The van der Waals surface area contributed by atoms with E-state index in [1.165, 1.54) is 6.07 Å². The van der Waals surface area contributed by atoms with E-state index in [1.807, 2.05) is 13.8 Å². The van der Waals surface area contributed by atoms with E-state index in [9.17, 15) is 23.1 Å². The Bertz CT molecular complexity index is 879. The first-order valence-electron chi connectivity index (χ1n) is 9.91. The number of benzene rings is 1. The third-order valence-corrected chi connectivity index (χ3v) is 7.53.